The van der Waals surface area contributed by atoms with Crippen LogP contribution in [-0.2, 0) is 9.59 Å². The van der Waals surface area contributed by atoms with Crippen LogP contribution in [0, 0.1) is 5.41 Å². The number of hydrogen-bond donors (Lipinski definition) is 2. The summed E-state index contributed by atoms with van der Waals surface area (Å²) in [4.78, 5) is 28.3. The number of carbonyl (C=O) groups excluding carboxylic acids is 2. The number of piperazine rings is 1. The van der Waals surface area contributed by atoms with Gasteiger partial charge in [0.2, 0.25) is 11.8 Å². The summed E-state index contributed by atoms with van der Waals surface area (Å²) in [5.41, 5.74) is 6.03. The number of halogens is 2. The van der Waals surface area contributed by atoms with Crippen LogP contribution in [0.15, 0.2) is 0 Å². The van der Waals surface area contributed by atoms with Gasteiger partial charge in [0.25, 0.3) is 0 Å². The molecule has 0 radical (unpaired) electrons. The van der Waals surface area contributed by atoms with Gasteiger partial charge in [-0.25, -0.2) is 0 Å². The van der Waals surface area contributed by atoms with Gasteiger partial charge in [0.15, 0.2) is 0 Å². The van der Waals surface area contributed by atoms with Crippen molar-refractivity contribution in [2.75, 3.05) is 45.8 Å². The molecule has 0 aromatic heterocycles. The number of hydrogen-bond acceptors (Lipinski definition) is 4. The molecule has 0 unspecified atom stereocenters. The molecule has 1 aliphatic carbocycles. The topological polar surface area (TPSA) is 78.7 Å². The van der Waals surface area contributed by atoms with Gasteiger partial charge in [-0.1, -0.05) is 19.3 Å². The van der Waals surface area contributed by atoms with Gasteiger partial charge in [-0.15, -0.1) is 24.8 Å². The Balaban J connectivity index is 0.00000288. The van der Waals surface area contributed by atoms with Gasteiger partial charge in [-0.3, -0.25) is 14.5 Å². The van der Waals surface area contributed by atoms with Gasteiger partial charge < -0.3 is 16.0 Å². The van der Waals surface area contributed by atoms with E-state index in [0.29, 0.717) is 26.1 Å². The predicted molar refractivity (Wildman–Crippen MR) is 105 cm³/mol. The first kappa shape index (κ1) is 24.4. The van der Waals surface area contributed by atoms with Crippen LogP contribution in [0.25, 0.3) is 0 Å². The Morgan fingerprint density at radius 1 is 1.04 bits per heavy atom. The molecule has 2 rings (SSSR count). The molecule has 0 atom stereocenters. The zero-order valence-electron chi connectivity index (χ0n) is 15.3. The molecule has 2 amide bonds. The molecule has 6 nitrogen and oxygen atoms in total. The van der Waals surface area contributed by atoms with E-state index in [1.54, 1.807) is 0 Å². The third kappa shape index (κ3) is 7.29. The highest BCUT2D eigenvalue weighted by Gasteiger charge is 2.35. The number of nitrogens with two attached hydrogens (primary N) is 1. The molecule has 2 fully saturated rings. The molecule has 1 saturated heterocycles. The van der Waals surface area contributed by atoms with Crippen molar-refractivity contribution in [2.24, 2.45) is 11.1 Å². The average molecular weight is 397 g/mol. The van der Waals surface area contributed by atoms with Gasteiger partial charge in [0.1, 0.15) is 0 Å². The second-order valence-corrected chi connectivity index (χ2v) is 7.05. The summed E-state index contributed by atoms with van der Waals surface area (Å²) in [6, 6.07) is 0. The maximum Gasteiger partial charge on any atom is 0.234 e. The monoisotopic (exact) mass is 396 g/mol. The van der Waals surface area contributed by atoms with Crippen molar-refractivity contribution in [3.05, 3.63) is 0 Å². The van der Waals surface area contributed by atoms with Crippen molar-refractivity contribution >= 4 is 36.6 Å². The highest BCUT2D eigenvalue weighted by Crippen LogP contribution is 2.38. The van der Waals surface area contributed by atoms with E-state index in [4.69, 9.17) is 5.73 Å². The van der Waals surface area contributed by atoms with E-state index in [2.05, 4.69) is 10.2 Å². The minimum absolute atomic E-state index is 0. The molecule has 0 aromatic carbocycles. The fourth-order valence-corrected chi connectivity index (χ4v) is 3.80. The number of nitrogens with one attached hydrogen (secondary N) is 1. The molecule has 8 heteroatoms. The van der Waals surface area contributed by atoms with Crippen LogP contribution in [0.1, 0.15) is 45.4 Å². The van der Waals surface area contributed by atoms with Gasteiger partial charge in [0.05, 0.1) is 6.54 Å². The second-order valence-electron chi connectivity index (χ2n) is 7.05. The van der Waals surface area contributed by atoms with Gasteiger partial charge >= 0.3 is 0 Å². The van der Waals surface area contributed by atoms with Gasteiger partial charge in [-0.2, -0.15) is 0 Å². The maximum atomic E-state index is 12.6. The summed E-state index contributed by atoms with van der Waals surface area (Å²) in [7, 11) is 0. The standard InChI is InChI=1S/C17H32N4O2.2ClH/c1-2-19-15(22)13-20-8-10-21(11-9-20)16(23)12-17(14-18)6-4-3-5-7-17;;/h2-14,18H2,1H3,(H,19,22);2*1H. The molecular weight excluding hydrogens is 363 g/mol. The van der Waals surface area contributed by atoms with Crippen LogP contribution in [0.3, 0.4) is 0 Å². The second kappa shape index (κ2) is 11.9. The summed E-state index contributed by atoms with van der Waals surface area (Å²) in [6.45, 7) is 6.64. The predicted octanol–water partition coefficient (Wildman–Crippen LogP) is 1.41. The highest BCUT2D eigenvalue weighted by molar-refractivity contribution is 5.85. The molecule has 1 aliphatic heterocycles. The van der Waals surface area contributed by atoms with E-state index in [-0.39, 0.29) is 42.0 Å². The fraction of sp³-hybridized carbons (Fsp3) is 0.882. The van der Waals surface area contributed by atoms with Crippen LogP contribution >= 0.6 is 24.8 Å². The zero-order valence-corrected chi connectivity index (χ0v) is 16.9. The summed E-state index contributed by atoms with van der Waals surface area (Å²) in [5, 5.41) is 2.82. The minimum Gasteiger partial charge on any atom is -0.355 e. The third-order valence-corrected chi connectivity index (χ3v) is 5.34. The Bertz CT molecular complexity index is 409. The maximum absolute atomic E-state index is 12.6. The smallest absolute Gasteiger partial charge is 0.234 e. The van der Waals surface area contributed by atoms with Crippen molar-refractivity contribution in [2.45, 2.75) is 45.4 Å². The van der Waals surface area contributed by atoms with Crippen LogP contribution in [0.4, 0.5) is 0 Å². The Kier molecular flexibility index (Phi) is 11.7. The van der Waals surface area contributed by atoms with Crippen molar-refractivity contribution < 1.29 is 9.59 Å². The first-order valence-corrected chi connectivity index (χ1v) is 9.05. The number of likely N-dealkylation sites (N-methyl/N-ethyl adjacent to an activating group) is 1. The molecule has 0 aromatic rings. The van der Waals surface area contributed by atoms with E-state index in [1.165, 1.54) is 19.3 Å². The summed E-state index contributed by atoms with van der Waals surface area (Å²) in [5.74, 6) is 0.312. The third-order valence-electron chi connectivity index (χ3n) is 5.34. The molecule has 1 heterocycles. The summed E-state index contributed by atoms with van der Waals surface area (Å²) in [6.07, 6.45) is 6.45. The van der Waals surface area contributed by atoms with Crippen molar-refractivity contribution in [3.63, 3.8) is 0 Å². The molecular formula is C17H34Cl2N4O2. The Morgan fingerprint density at radius 3 is 2.16 bits per heavy atom. The Hall–Kier alpha value is -0.560. The van der Waals surface area contributed by atoms with Crippen molar-refractivity contribution in [1.82, 2.24) is 15.1 Å². The average Bonchev–Trinajstić information content (AvgIpc) is 2.56. The van der Waals surface area contributed by atoms with E-state index in [9.17, 15) is 9.59 Å². The molecule has 1 saturated carbocycles. The van der Waals surface area contributed by atoms with Crippen LogP contribution in [-0.4, -0.2) is 67.4 Å². The number of rotatable bonds is 6. The van der Waals surface area contributed by atoms with Crippen LogP contribution in [0.5, 0.6) is 0 Å². The molecule has 0 bridgehead atoms. The lowest BCUT2D eigenvalue weighted by Gasteiger charge is -2.39. The molecule has 3 N–H and O–H groups in total. The zero-order chi connectivity index (χ0) is 16.7. The first-order valence-electron chi connectivity index (χ1n) is 9.05. The number of amides is 2. The Morgan fingerprint density at radius 2 is 1.64 bits per heavy atom. The summed E-state index contributed by atoms with van der Waals surface area (Å²) >= 11 is 0. The van der Waals surface area contributed by atoms with E-state index in [0.717, 1.165) is 39.0 Å². The van der Waals surface area contributed by atoms with E-state index < -0.39 is 0 Å². The van der Waals surface area contributed by atoms with Crippen molar-refractivity contribution in [1.29, 1.82) is 0 Å². The van der Waals surface area contributed by atoms with E-state index >= 15 is 0 Å². The first-order chi connectivity index (χ1) is 11.1. The summed E-state index contributed by atoms with van der Waals surface area (Å²) < 4.78 is 0. The molecule has 25 heavy (non-hydrogen) atoms. The lowest BCUT2D eigenvalue weighted by molar-refractivity contribution is -0.136. The molecule has 0 spiro atoms. The molecule has 2 aliphatic rings. The van der Waals surface area contributed by atoms with Crippen LogP contribution in [0.2, 0.25) is 0 Å². The quantitative estimate of drug-likeness (QED) is 0.711. The minimum atomic E-state index is 0. The largest absolute Gasteiger partial charge is 0.355 e. The normalized spacial score (nSPS) is 20.2. The lowest BCUT2D eigenvalue weighted by Crippen LogP contribution is -2.52. The SMILES string of the molecule is CCNC(=O)CN1CCN(C(=O)CC2(CN)CCCCC2)CC1.Cl.Cl. The lowest BCUT2D eigenvalue weighted by atomic mass is 9.71. The fourth-order valence-electron chi connectivity index (χ4n) is 3.80. The van der Waals surface area contributed by atoms with Gasteiger partial charge in [0, 0.05) is 39.1 Å². The van der Waals surface area contributed by atoms with Crippen LogP contribution < -0.4 is 11.1 Å². The van der Waals surface area contributed by atoms with Crippen molar-refractivity contribution in [3.8, 4) is 0 Å². The number of carbonyl (C=O) groups is 2. The molecule has 148 valence electrons. The highest BCUT2D eigenvalue weighted by atomic mass is 35.5. The number of nitrogens with zero attached hydrogens (tertiary/aromatic N) is 2. The van der Waals surface area contributed by atoms with Gasteiger partial charge in [-0.05, 0) is 31.7 Å². The van der Waals surface area contributed by atoms with E-state index in [1.807, 2.05) is 11.8 Å². The Labute approximate surface area is 164 Å².